The predicted molar refractivity (Wildman–Crippen MR) is 90.5 cm³/mol. The van der Waals surface area contributed by atoms with Crippen molar-refractivity contribution < 1.29 is 14.8 Å². The number of benzene rings is 1. The van der Waals surface area contributed by atoms with Crippen LogP contribution in [0.25, 0.3) is 5.69 Å². The average Bonchev–Trinajstić information content (AvgIpc) is 3.11. The zero-order valence-electron chi connectivity index (χ0n) is 13.9. The molecule has 1 amide bonds. The maximum absolute atomic E-state index is 12.6. The van der Waals surface area contributed by atoms with E-state index in [9.17, 15) is 20.0 Å². The van der Waals surface area contributed by atoms with Gasteiger partial charge in [0.2, 0.25) is 0 Å². The van der Waals surface area contributed by atoms with Crippen LogP contribution in [0.2, 0.25) is 0 Å². The van der Waals surface area contributed by atoms with Gasteiger partial charge in [0.15, 0.2) is 5.69 Å². The van der Waals surface area contributed by atoms with E-state index in [1.807, 2.05) is 0 Å². The number of amides is 1. The highest BCUT2D eigenvalue weighted by atomic mass is 16.6. The molecule has 132 valence electrons. The van der Waals surface area contributed by atoms with E-state index >= 15 is 0 Å². The largest absolute Gasteiger partial charge is 0.393 e. The van der Waals surface area contributed by atoms with Crippen molar-refractivity contribution in [3.8, 4) is 5.69 Å². The fourth-order valence-electron chi connectivity index (χ4n) is 3.06. The normalized spacial score (nSPS) is 16.6. The van der Waals surface area contributed by atoms with Gasteiger partial charge < -0.3 is 10.0 Å². The summed E-state index contributed by atoms with van der Waals surface area (Å²) in [4.78, 5) is 24.6. The number of non-ortho nitro benzene ring substituents is 1. The van der Waals surface area contributed by atoms with Crippen molar-refractivity contribution >= 4 is 11.6 Å². The van der Waals surface area contributed by atoms with Gasteiger partial charge in [0, 0.05) is 31.4 Å². The maximum atomic E-state index is 12.6. The zero-order valence-corrected chi connectivity index (χ0v) is 13.9. The molecule has 1 saturated heterocycles. The predicted octanol–water partition coefficient (Wildman–Crippen LogP) is 2.01. The molecule has 3 rings (SSSR count). The van der Waals surface area contributed by atoms with E-state index in [2.05, 4.69) is 5.10 Å². The molecule has 0 bridgehead atoms. The van der Waals surface area contributed by atoms with E-state index in [0.717, 1.165) is 12.8 Å². The minimum absolute atomic E-state index is 0.00758. The van der Waals surface area contributed by atoms with E-state index in [1.54, 1.807) is 36.2 Å². The number of hydrogen-bond donors (Lipinski definition) is 1. The first-order valence-corrected chi connectivity index (χ1v) is 8.23. The number of carbonyl (C=O) groups excluding carboxylic acids is 1. The number of rotatable bonds is 4. The molecule has 1 aliphatic heterocycles. The lowest BCUT2D eigenvalue weighted by molar-refractivity contribution is -0.384. The van der Waals surface area contributed by atoms with Crippen LogP contribution in [0, 0.1) is 16.0 Å². The lowest BCUT2D eigenvalue weighted by Crippen LogP contribution is -2.40. The molecule has 0 spiro atoms. The highest BCUT2D eigenvalue weighted by Crippen LogP contribution is 2.22. The summed E-state index contributed by atoms with van der Waals surface area (Å²) in [6.07, 6.45) is 2.88. The van der Waals surface area contributed by atoms with E-state index in [0.29, 0.717) is 24.5 Å². The Balaban J connectivity index is 1.69. The zero-order chi connectivity index (χ0) is 18.0. The number of aliphatic hydroxyl groups excluding tert-OH is 1. The number of carbonyl (C=O) groups is 1. The number of nitrogens with zero attached hydrogens (tertiary/aromatic N) is 4. The van der Waals surface area contributed by atoms with Gasteiger partial charge in [-0.3, -0.25) is 14.9 Å². The summed E-state index contributed by atoms with van der Waals surface area (Å²) < 4.78 is 1.53. The molecule has 1 unspecified atom stereocenters. The third-order valence-corrected chi connectivity index (χ3v) is 4.64. The topological polar surface area (TPSA) is 102 Å². The van der Waals surface area contributed by atoms with Crippen LogP contribution in [-0.2, 0) is 0 Å². The first-order valence-electron chi connectivity index (χ1n) is 8.23. The molecule has 0 aliphatic carbocycles. The van der Waals surface area contributed by atoms with Gasteiger partial charge in [0.05, 0.1) is 16.7 Å². The van der Waals surface area contributed by atoms with Gasteiger partial charge in [-0.25, -0.2) is 4.68 Å². The van der Waals surface area contributed by atoms with Crippen LogP contribution in [0.3, 0.4) is 0 Å². The highest BCUT2D eigenvalue weighted by molar-refractivity contribution is 5.92. The molecule has 0 radical (unpaired) electrons. The summed E-state index contributed by atoms with van der Waals surface area (Å²) in [5, 5.41) is 24.6. The van der Waals surface area contributed by atoms with Crippen LogP contribution in [0.5, 0.6) is 0 Å². The summed E-state index contributed by atoms with van der Waals surface area (Å²) >= 11 is 0. The molecule has 2 aromatic rings. The second-order valence-corrected chi connectivity index (χ2v) is 6.29. The standard InChI is InChI=1S/C17H20N4O4/c1-12(22)13-6-9-19(10-7-13)17(23)16-8-11-20(18-16)14-2-4-15(5-3-14)21(24)25/h2-5,8,11-13,22H,6-7,9-10H2,1H3. The molecule has 8 nitrogen and oxygen atoms in total. The molecule has 2 heterocycles. The second-order valence-electron chi connectivity index (χ2n) is 6.29. The summed E-state index contributed by atoms with van der Waals surface area (Å²) in [6.45, 7) is 3.01. The van der Waals surface area contributed by atoms with Gasteiger partial charge >= 0.3 is 0 Å². The fourth-order valence-corrected chi connectivity index (χ4v) is 3.06. The molecule has 1 aliphatic rings. The molecule has 1 atom stereocenters. The number of likely N-dealkylation sites (tertiary alicyclic amines) is 1. The third kappa shape index (κ3) is 3.69. The van der Waals surface area contributed by atoms with E-state index < -0.39 is 4.92 Å². The molecule has 0 saturated carbocycles. The lowest BCUT2D eigenvalue weighted by Gasteiger charge is -2.32. The van der Waals surface area contributed by atoms with E-state index in [-0.39, 0.29) is 23.6 Å². The molecule has 1 N–H and O–H groups in total. The molecular weight excluding hydrogens is 324 g/mol. The molecule has 1 fully saturated rings. The molecular formula is C17H20N4O4. The van der Waals surface area contributed by atoms with Crippen molar-refractivity contribution in [1.82, 2.24) is 14.7 Å². The molecule has 25 heavy (non-hydrogen) atoms. The van der Waals surface area contributed by atoms with Crippen LogP contribution in [0.4, 0.5) is 5.69 Å². The van der Waals surface area contributed by atoms with Crippen molar-refractivity contribution in [2.24, 2.45) is 5.92 Å². The van der Waals surface area contributed by atoms with Crippen LogP contribution in [-0.4, -0.2) is 49.8 Å². The first kappa shape index (κ1) is 17.1. The van der Waals surface area contributed by atoms with Crippen LogP contribution in [0.1, 0.15) is 30.3 Å². The fraction of sp³-hybridized carbons (Fsp3) is 0.412. The van der Waals surface area contributed by atoms with Crippen LogP contribution in [0.15, 0.2) is 36.5 Å². The average molecular weight is 344 g/mol. The van der Waals surface area contributed by atoms with Crippen molar-refractivity contribution in [3.05, 3.63) is 52.3 Å². The number of nitro groups is 1. The Morgan fingerprint density at radius 2 is 1.92 bits per heavy atom. The minimum Gasteiger partial charge on any atom is -0.393 e. The van der Waals surface area contributed by atoms with E-state index in [4.69, 9.17) is 0 Å². The van der Waals surface area contributed by atoms with Gasteiger partial charge in [-0.2, -0.15) is 5.10 Å². The monoisotopic (exact) mass is 344 g/mol. The van der Waals surface area contributed by atoms with Crippen LogP contribution >= 0.6 is 0 Å². The molecule has 1 aromatic heterocycles. The van der Waals surface area contributed by atoms with Crippen molar-refractivity contribution in [2.75, 3.05) is 13.1 Å². The SMILES string of the molecule is CC(O)C1CCN(C(=O)c2ccn(-c3ccc([N+](=O)[O-])cc3)n2)CC1. The van der Waals surface area contributed by atoms with Crippen molar-refractivity contribution in [2.45, 2.75) is 25.9 Å². The minimum atomic E-state index is -0.460. The summed E-state index contributed by atoms with van der Waals surface area (Å²) in [6, 6.07) is 7.63. The van der Waals surface area contributed by atoms with E-state index in [1.165, 1.54) is 16.8 Å². The van der Waals surface area contributed by atoms with Crippen molar-refractivity contribution in [1.29, 1.82) is 0 Å². The van der Waals surface area contributed by atoms with Gasteiger partial charge in [0.1, 0.15) is 0 Å². The van der Waals surface area contributed by atoms with Gasteiger partial charge in [-0.15, -0.1) is 0 Å². The summed E-state index contributed by atoms with van der Waals surface area (Å²) in [7, 11) is 0. The smallest absolute Gasteiger partial charge is 0.274 e. The quantitative estimate of drug-likeness (QED) is 0.675. The van der Waals surface area contributed by atoms with Gasteiger partial charge in [0.25, 0.3) is 11.6 Å². The van der Waals surface area contributed by atoms with Crippen LogP contribution < -0.4 is 0 Å². The lowest BCUT2D eigenvalue weighted by atomic mass is 9.92. The number of aromatic nitrogens is 2. The third-order valence-electron chi connectivity index (χ3n) is 4.64. The number of nitro benzene ring substituents is 1. The van der Waals surface area contributed by atoms with Crippen molar-refractivity contribution in [3.63, 3.8) is 0 Å². The first-order chi connectivity index (χ1) is 12.0. The molecule has 8 heteroatoms. The maximum Gasteiger partial charge on any atom is 0.274 e. The Bertz CT molecular complexity index is 761. The number of aliphatic hydroxyl groups is 1. The van der Waals surface area contributed by atoms with Gasteiger partial charge in [-0.1, -0.05) is 0 Å². The Hall–Kier alpha value is -2.74. The second kappa shape index (κ2) is 7.02. The highest BCUT2D eigenvalue weighted by Gasteiger charge is 2.27. The Kier molecular flexibility index (Phi) is 4.80. The van der Waals surface area contributed by atoms with Gasteiger partial charge in [-0.05, 0) is 43.9 Å². The Labute approximate surface area is 144 Å². The summed E-state index contributed by atoms with van der Waals surface area (Å²) in [5.41, 5.74) is 1.000. The Morgan fingerprint density at radius 3 is 2.48 bits per heavy atom. The number of hydrogen-bond acceptors (Lipinski definition) is 5. The number of piperidine rings is 1. The Morgan fingerprint density at radius 1 is 1.28 bits per heavy atom. The molecule has 1 aromatic carbocycles. The summed E-state index contributed by atoms with van der Waals surface area (Å²) in [5.74, 6) is 0.103.